The van der Waals surface area contributed by atoms with Crippen LogP contribution in [0.1, 0.15) is 5.82 Å². The molecule has 0 atom stereocenters. The Morgan fingerprint density at radius 1 is 1.32 bits per heavy atom. The van der Waals surface area contributed by atoms with Gasteiger partial charge >= 0.3 is 6.18 Å². The smallest absolute Gasteiger partial charge is 0.322 e. The third kappa shape index (κ3) is 2.65. The molecule has 9 heteroatoms. The Bertz CT molecular complexity index is 807. The van der Waals surface area contributed by atoms with E-state index in [2.05, 4.69) is 20.5 Å². The van der Waals surface area contributed by atoms with Gasteiger partial charge in [-0.15, -0.1) is 0 Å². The Morgan fingerprint density at radius 2 is 2.09 bits per heavy atom. The second-order valence-electron chi connectivity index (χ2n) is 4.54. The normalized spacial score (nSPS) is 11.8. The first-order valence-corrected chi connectivity index (χ1v) is 6.26. The van der Waals surface area contributed by atoms with Crippen LogP contribution in [0.5, 0.6) is 0 Å². The lowest BCUT2D eigenvalue weighted by molar-refractivity contribution is -0.147. The number of para-hydroxylation sites is 2. The molecule has 0 bridgehead atoms. The summed E-state index contributed by atoms with van der Waals surface area (Å²) in [7, 11) is 0. The minimum absolute atomic E-state index is 0.186. The zero-order valence-corrected chi connectivity index (χ0v) is 11.1. The van der Waals surface area contributed by atoms with Crippen LogP contribution >= 0.6 is 0 Å². The summed E-state index contributed by atoms with van der Waals surface area (Å²) >= 11 is 0. The number of aromatic nitrogens is 4. The van der Waals surface area contributed by atoms with Crippen molar-refractivity contribution in [3.8, 4) is 0 Å². The molecule has 0 saturated carbocycles. The second-order valence-corrected chi connectivity index (χ2v) is 4.54. The van der Waals surface area contributed by atoms with Gasteiger partial charge in [-0.05, 0) is 12.1 Å². The molecule has 6 nitrogen and oxygen atoms in total. The number of imidazole rings is 1. The lowest BCUT2D eigenvalue weighted by atomic mass is 10.3. The zero-order chi connectivity index (χ0) is 15.7. The van der Waals surface area contributed by atoms with E-state index in [1.54, 1.807) is 12.1 Å². The number of benzene rings is 1. The molecule has 1 aromatic carbocycles. The highest BCUT2D eigenvalue weighted by molar-refractivity contribution is 5.91. The predicted molar refractivity (Wildman–Crippen MR) is 72.0 cm³/mol. The number of halogens is 3. The molecular weight excluding hydrogens is 299 g/mol. The lowest BCUT2D eigenvalue weighted by Crippen LogP contribution is -2.23. The molecule has 2 N–H and O–H groups in total. The highest BCUT2D eigenvalue weighted by Crippen LogP contribution is 2.31. The fourth-order valence-corrected chi connectivity index (χ4v) is 2.12. The van der Waals surface area contributed by atoms with Crippen molar-refractivity contribution in [3.05, 3.63) is 42.5 Å². The van der Waals surface area contributed by atoms with Crippen molar-refractivity contribution in [1.29, 1.82) is 0 Å². The number of nitrogens with zero attached hydrogens (tertiary/aromatic N) is 3. The van der Waals surface area contributed by atoms with Crippen LogP contribution in [-0.2, 0) is 17.5 Å². The average molecular weight is 309 g/mol. The van der Waals surface area contributed by atoms with E-state index in [9.17, 15) is 18.0 Å². The maximum absolute atomic E-state index is 13.1. The Balaban J connectivity index is 1.96. The Labute approximate surface area is 122 Å². The number of carbonyl (C=O) groups is 1. The minimum Gasteiger partial charge on any atom is -0.322 e. The van der Waals surface area contributed by atoms with E-state index < -0.39 is 24.5 Å². The molecule has 0 radical (unpaired) electrons. The van der Waals surface area contributed by atoms with Crippen molar-refractivity contribution in [2.45, 2.75) is 12.7 Å². The van der Waals surface area contributed by atoms with Crippen LogP contribution in [0, 0.1) is 0 Å². The van der Waals surface area contributed by atoms with Gasteiger partial charge in [0.1, 0.15) is 6.54 Å². The maximum atomic E-state index is 13.1. The molecule has 0 fully saturated rings. The summed E-state index contributed by atoms with van der Waals surface area (Å²) in [6.45, 7) is -0.499. The van der Waals surface area contributed by atoms with Crippen LogP contribution < -0.4 is 5.32 Å². The highest BCUT2D eigenvalue weighted by atomic mass is 19.4. The number of anilines is 1. The van der Waals surface area contributed by atoms with Crippen molar-refractivity contribution in [1.82, 2.24) is 19.7 Å². The molecule has 0 aliphatic carbocycles. The summed E-state index contributed by atoms with van der Waals surface area (Å²) in [5, 5.41) is 8.59. The monoisotopic (exact) mass is 309 g/mol. The van der Waals surface area contributed by atoms with Gasteiger partial charge in [0.2, 0.25) is 11.7 Å². The molecule has 1 amide bonds. The van der Waals surface area contributed by atoms with E-state index in [-0.39, 0.29) is 11.0 Å². The summed E-state index contributed by atoms with van der Waals surface area (Å²) < 4.78 is 40.1. The summed E-state index contributed by atoms with van der Waals surface area (Å²) in [4.78, 5) is 15.5. The van der Waals surface area contributed by atoms with Crippen molar-refractivity contribution in [2.75, 3.05) is 5.32 Å². The molecule has 0 saturated heterocycles. The summed E-state index contributed by atoms with van der Waals surface area (Å²) in [5.74, 6) is -1.70. The van der Waals surface area contributed by atoms with E-state index in [0.717, 1.165) is 4.57 Å². The summed E-state index contributed by atoms with van der Waals surface area (Å²) in [5.41, 5.74) is 0.811. The van der Waals surface area contributed by atoms with Crippen LogP contribution in [-0.4, -0.2) is 25.7 Å². The molecular formula is C13H10F3N5O. The number of nitrogens with one attached hydrogen (secondary N) is 2. The Hall–Kier alpha value is -2.84. The molecule has 2 heterocycles. The number of rotatable bonds is 3. The van der Waals surface area contributed by atoms with Crippen LogP contribution in [0.25, 0.3) is 11.0 Å². The fourth-order valence-electron chi connectivity index (χ4n) is 2.12. The maximum Gasteiger partial charge on any atom is 0.449 e. The first kappa shape index (κ1) is 14.1. The number of alkyl halides is 3. The summed E-state index contributed by atoms with van der Waals surface area (Å²) in [6.07, 6.45) is -1.86. The quantitative estimate of drug-likeness (QED) is 0.780. The van der Waals surface area contributed by atoms with Crippen molar-refractivity contribution >= 4 is 22.6 Å². The van der Waals surface area contributed by atoms with Gasteiger partial charge in [-0.3, -0.25) is 9.89 Å². The van der Waals surface area contributed by atoms with Crippen LogP contribution in [0.3, 0.4) is 0 Å². The van der Waals surface area contributed by atoms with Gasteiger partial charge in [0.15, 0.2) is 0 Å². The molecule has 3 rings (SSSR count). The van der Waals surface area contributed by atoms with Crippen molar-refractivity contribution < 1.29 is 18.0 Å². The standard InChI is InChI=1S/C13H10F3N5O/c14-13(15,16)12-20-9-3-1-2-4-10(9)21(12)7-11(22)19-8-5-17-18-6-8/h1-6H,7H2,(H,17,18)(H,19,22). The third-order valence-electron chi connectivity index (χ3n) is 2.99. The van der Waals surface area contributed by atoms with E-state index in [1.165, 1.54) is 24.5 Å². The van der Waals surface area contributed by atoms with Gasteiger partial charge in [0, 0.05) is 6.20 Å². The van der Waals surface area contributed by atoms with Gasteiger partial charge in [-0.1, -0.05) is 12.1 Å². The molecule has 22 heavy (non-hydrogen) atoms. The minimum atomic E-state index is -4.64. The largest absolute Gasteiger partial charge is 0.449 e. The number of fused-ring (bicyclic) bond motifs is 1. The number of aromatic amines is 1. The Morgan fingerprint density at radius 3 is 2.77 bits per heavy atom. The van der Waals surface area contributed by atoms with Crippen LogP contribution in [0.15, 0.2) is 36.7 Å². The number of amides is 1. The molecule has 0 spiro atoms. The molecule has 0 unspecified atom stereocenters. The predicted octanol–water partition coefficient (Wildman–Crippen LogP) is 2.42. The zero-order valence-electron chi connectivity index (χ0n) is 11.1. The van der Waals surface area contributed by atoms with E-state index in [1.807, 2.05) is 0 Å². The first-order valence-electron chi connectivity index (χ1n) is 6.26. The number of H-pyrrole nitrogens is 1. The van der Waals surface area contributed by atoms with Crippen LogP contribution in [0.4, 0.5) is 18.9 Å². The number of hydrogen-bond donors (Lipinski definition) is 2. The SMILES string of the molecule is O=C(Cn1c(C(F)(F)F)nc2ccccc21)Nc1cn[nH]c1. The number of hydrogen-bond acceptors (Lipinski definition) is 3. The average Bonchev–Trinajstić information content (AvgIpc) is 3.06. The van der Waals surface area contributed by atoms with Crippen molar-refractivity contribution in [3.63, 3.8) is 0 Å². The Kier molecular flexibility index (Phi) is 3.32. The van der Waals surface area contributed by atoms with Gasteiger partial charge < -0.3 is 9.88 Å². The van der Waals surface area contributed by atoms with Gasteiger partial charge in [0.05, 0.1) is 22.9 Å². The molecule has 0 aliphatic heterocycles. The molecule has 2 aromatic heterocycles. The van der Waals surface area contributed by atoms with E-state index in [4.69, 9.17) is 0 Å². The van der Waals surface area contributed by atoms with E-state index >= 15 is 0 Å². The molecule has 3 aromatic rings. The van der Waals surface area contributed by atoms with Gasteiger partial charge in [0.25, 0.3) is 0 Å². The second kappa shape index (κ2) is 5.17. The summed E-state index contributed by atoms with van der Waals surface area (Å²) in [6, 6.07) is 6.14. The van der Waals surface area contributed by atoms with Gasteiger partial charge in [-0.25, -0.2) is 4.98 Å². The topological polar surface area (TPSA) is 75.6 Å². The number of carbonyl (C=O) groups excluding carboxylic acids is 1. The molecule has 114 valence electrons. The van der Waals surface area contributed by atoms with E-state index in [0.29, 0.717) is 5.69 Å². The fraction of sp³-hybridized carbons (Fsp3) is 0.154. The molecule has 0 aliphatic rings. The van der Waals surface area contributed by atoms with Gasteiger partial charge in [-0.2, -0.15) is 18.3 Å². The highest BCUT2D eigenvalue weighted by Gasteiger charge is 2.37. The first-order chi connectivity index (χ1) is 10.4. The lowest BCUT2D eigenvalue weighted by Gasteiger charge is -2.11. The van der Waals surface area contributed by atoms with Crippen molar-refractivity contribution in [2.24, 2.45) is 0 Å². The van der Waals surface area contributed by atoms with Crippen LogP contribution in [0.2, 0.25) is 0 Å². The third-order valence-corrected chi connectivity index (χ3v) is 2.99.